The second kappa shape index (κ2) is 4.63. The summed E-state index contributed by atoms with van der Waals surface area (Å²) < 4.78 is 40.4. The highest BCUT2D eigenvalue weighted by Gasteiger charge is 2.28. The number of hydrogen-bond donors (Lipinski definition) is 0. The zero-order valence-electron chi connectivity index (χ0n) is 8.84. The Labute approximate surface area is 89.8 Å². The van der Waals surface area contributed by atoms with Gasteiger partial charge in [-0.15, -0.1) is 0 Å². The van der Waals surface area contributed by atoms with Crippen LogP contribution in [0.3, 0.4) is 0 Å². The molecule has 90 valence electrons. The van der Waals surface area contributed by atoms with Crippen LogP contribution in [-0.4, -0.2) is 22.1 Å². The molecule has 0 spiro atoms. The minimum atomic E-state index is -4.24. The Kier molecular flexibility index (Phi) is 3.66. The first-order chi connectivity index (χ1) is 7.29. The van der Waals surface area contributed by atoms with Gasteiger partial charge in [0.05, 0.1) is 12.3 Å². The molecule has 0 aliphatic rings. The predicted octanol–water partition coefficient (Wildman–Crippen LogP) is 2.26. The molecule has 1 heterocycles. The van der Waals surface area contributed by atoms with E-state index >= 15 is 0 Å². The van der Waals surface area contributed by atoms with Crippen LogP contribution in [0.5, 0.6) is 0 Å². The standard InChI is InChI=1S/C9H11F3N2O2/c1-5(6(2)15)8-13-7(14-16-8)3-4-9(10,11)12/h5H,3-4H2,1-2H3. The van der Waals surface area contributed by atoms with Crippen molar-refractivity contribution in [1.82, 2.24) is 10.1 Å². The van der Waals surface area contributed by atoms with E-state index in [1.807, 2.05) is 0 Å². The molecule has 1 unspecified atom stereocenters. The molecule has 4 nitrogen and oxygen atoms in total. The molecule has 0 saturated carbocycles. The van der Waals surface area contributed by atoms with Crippen molar-refractivity contribution in [1.29, 1.82) is 0 Å². The maximum absolute atomic E-state index is 11.9. The summed E-state index contributed by atoms with van der Waals surface area (Å²) in [6.07, 6.45) is -5.58. The summed E-state index contributed by atoms with van der Waals surface area (Å²) in [5, 5.41) is 3.38. The van der Waals surface area contributed by atoms with E-state index in [0.717, 1.165) is 0 Å². The van der Waals surface area contributed by atoms with Gasteiger partial charge in [0, 0.05) is 6.42 Å². The lowest BCUT2D eigenvalue weighted by molar-refractivity contribution is -0.134. The zero-order chi connectivity index (χ0) is 12.3. The van der Waals surface area contributed by atoms with Gasteiger partial charge in [0.15, 0.2) is 5.82 Å². The van der Waals surface area contributed by atoms with Gasteiger partial charge in [-0.05, 0) is 13.8 Å². The van der Waals surface area contributed by atoms with Gasteiger partial charge in [-0.1, -0.05) is 5.16 Å². The van der Waals surface area contributed by atoms with E-state index < -0.39 is 18.5 Å². The molecule has 1 aromatic heterocycles. The van der Waals surface area contributed by atoms with Crippen molar-refractivity contribution in [2.75, 3.05) is 0 Å². The molecule has 0 N–H and O–H groups in total. The first kappa shape index (κ1) is 12.7. The molecular formula is C9H11F3N2O2. The summed E-state index contributed by atoms with van der Waals surface area (Å²) in [6.45, 7) is 2.91. The summed E-state index contributed by atoms with van der Waals surface area (Å²) in [5.74, 6) is -0.719. The Morgan fingerprint density at radius 1 is 1.50 bits per heavy atom. The lowest BCUT2D eigenvalue weighted by Gasteiger charge is -2.02. The number of rotatable bonds is 4. The van der Waals surface area contributed by atoms with E-state index in [9.17, 15) is 18.0 Å². The van der Waals surface area contributed by atoms with Gasteiger partial charge in [-0.3, -0.25) is 4.79 Å². The number of hydrogen-bond acceptors (Lipinski definition) is 4. The summed E-state index contributed by atoms with van der Waals surface area (Å²) in [4.78, 5) is 14.7. The quantitative estimate of drug-likeness (QED) is 0.804. The van der Waals surface area contributed by atoms with Crippen molar-refractivity contribution in [3.05, 3.63) is 11.7 Å². The van der Waals surface area contributed by atoms with Gasteiger partial charge in [0.2, 0.25) is 5.89 Å². The minimum Gasteiger partial charge on any atom is -0.339 e. The van der Waals surface area contributed by atoms with Crippen LogP contribution in [-0.2, 0) is 11.2 Å². The SMILES string of the molecule is CC(=O)C(C)c1nc(CCC(F)(F)F)no1. The number of ketones is 1. The monoisotopic (exact) mass is 236 g/mol. The number of aromatic nitrogens is 2. The maximum Gasteiger partial charge on any atom is 0.389 e. The van der Waals surface area contributed by atoms with E-state index in [0.29, 0.717) is 0 Å². The number of Topliss-reactive ketones (excluding diaryl/α,β-unsaturated/α-hetero) is 1. The fraction of sp³-hybridized carbons (Fsp3) is 0.667. The van der Waals surface area contributed by atoms with Crippen LogP contribution in [0, 0.1) is 0 Å². The van der Waals surface area contributed by atoms with Crippen molar-refractivity contribution in [3.8, 4) is 0 Å². The molecule has 0 fully saturated rings. The number of halogens is 3. The van der Waals surface area contributed by atoms with Gasteiger partial charge in [-0.2, -0.15) is 18.2 Å². The molecule has 16 heavy (non-hydrogen) atoms. The number of nitrogens with zero attached hydrogens (tertiary/aromatic N) is 2. The number of aryl methyl sites for hydroxylation is 1. The third-order valence-corrected chi connectivity index (χ3v) is 2.10. The Balaban J connectivity index is 2.62. The fourth-order valence-electron chi connectivity index (χ4n) is 0.972. The van der Waals surface area contributed by atoms with Crippen LogP contribution in [0.2, 0.25) is 0 Å². The van der Waals surface area contributed by atoms with Crippen molar-refractivity contribution >= 4 is 5.78 Å². The van der Waals surface area contributed by atoms with Crippen molar-refractivity contribution in [2.24, 2.45) is 0 Å². The minimum absolute atomic E-state index is 0.0274. The number of carbonyl (C=O) groups excluding carboxylic acids is 1. The molecule has 0 amide bonds. The van der Waals surface area contributed by atoms with Crippen molar-refractivity contribution < 1.29 is 22.5 Å². The zero-order valence-corrected chi connectivity index (χ0v) is 8.84. The highest BCUT2D eigenvalue weighted by atomic mass is 19.4. The van der Waals surface area contributed by atoms with Crippen molar-refractivity contribution in [3.63, 3.8) is 0 Å². The number of carbonyl (C=O) groups is 1. The van der Waals surface area contributed by atoms with Gasteiger partial charge in [-0.25, -0.2) is 0 Å². The molecule has 1 aromatic rings. The molecule has 0 radical (unpaired) electrons. The largest absolute Gasteiger partial charge is 0.389 e. The molecule has 0 aromatic carbocycles. The molecule has 0 saturated heterocycles. The predicted molar refractivity (Wildman–Crippen MR) is 47.8 cm³/mol. The first-order valence-corrected chi connectivity index (χ1v) is 4.69. The topological polar surface area (TPSA) is 56.0 Å². The summed E-state index contributed by atoms with van der Waals surface area (Å²) in [5.41, 5.74) is 0. The summed E-state index contributed by atoms with van der Waals surface area (Å²) in [7, 11) is 0. The van der Waals surface area contributed by atoms with Crippen LogP contribution < -0.4 is 0 Å². The Morgan fingerprint density at radius 3 is 2.62 bits per heavy atom. The van der Waals surface area contributed by atoms with E-state index in [4.69, 9.17) is 4.52 Å². The van der Waals surface area contributed by atoms with Gasteiger partial charge < -0.3 is 4.52 Å². The average Bonchev–Trinajstić information content (AvgIpc) is 2.60. The van der Waals surface area contributed by atoms with E-state index in [-0.39, 0.29) is 23.9 Å². The molecule has 0 aliphatic heterocycles. The first-order valence-electron chi connectivity index (χ1n) is 4.69. The van der Waals surface area contributed by atoms with Crippen LogP contribution in [0.25, 0.3) is 0 Å². The second-order valence-electron chi connectivity index (χ2n) is 3.50. The maximum atomic E-state index is 11.9. The molecule has 0 aliphatic carbocycles. The fourth-order valence-corrected chi connectivity index (χ4v) is 0.972. The van der Waals surface area contributed by atoms with E-state index in [2.05, 4.69) is 10.1 Å². The molecular weight excluding hydrogens is 225 g/mol. The lowest BCUT2D eigenvalue weighted by atomic mass is 10.1. The summed E-state index contributed by atoms with van der Waals surface area (Å²) >= 11 is 0. The number of alkyl halides is 3. The van der Waals surface area contributed by atoms with Crippen LogP contribution in [0.1, 0.15) is 37.9 Å². The smallest absolute Gasteiger partial charge is 0.339 e. The van der Waals surface area contributed by atoms with E-state index in [1.54, 1.807) is 6.92 Å². The average molecular weight is 236 g/mol. The second-order valence-corrected chi connectivity index (χ2v) is 3.50. The van der Waals surface area contributed by atoms with Crippen molar-refractivity contribution in [2.45, 2.75) is 38.8 Å². The molecule has 1 rings (SSSR count). The molecule has 1 atom stereocenters. The third-order valence-electron chi connectivity index (χ3n) is 2.10. The Bertz CT molecular complexity index is 373. The van der Waals surface area contributed by atoms with Crippen LogP contribution in [0.15, 0.2) is 4.52 Å². The lowest BCUT2D eigenvalue weighted by Crippen LogP contribution is -2.09. The molecule has 0 bridgehead atoms. The van der Waals surface area contributed by atoms with Gasteiger partial charge >= 0.3 is 6.18 Å². The normalized spacial score (nSPS) is 13.8. The van der Waals surface area contributed by atoms with E-state index in [1.165, 1.54) is 6.92 Å². The highest BCUT2D eigenvalue weighted by Crippen LogP contribution is 2.22. The third kappa shape index (κ3) is 3.63. The highest BCUT2D eigenvalue weighted by molar-refractivity contribution is 5.81. The van der Waals surface area contributed by atoms with Crippen LogP contribution in [0.4, 0.5) is 13.2 Å². The van der Waals surface area contributed by atoms with Crippen LogP contribution >= 0.6 is 0 Å². The molecule has 7 heteroatoms. The summed E-state index contributed by atoms with van der Waals surface area (Å²) in [6, 6.07) is 0. The Hall–Kier alpha value is -1.40. The Morgan fingerprint density at radius 2 is 2.12 bits per heavy atom. The van der Waals surface area contributed by atoms with Gasteiger partial charge in [0.1, 0.15) is 5.78 Å². The van der Waals surface area contributed by atoms with Gasteiger partial charge in [0.25, 0.3) is 0 Å².